The molecule has 0 heterocycles. The fourth-order valence-corrected chi connectivity index (χ4v) is 0. The smallest absolute Gasteiger partial charge is 0.168 e. The van der Waals surface area contributed by atoms with Gasteiger partial charge in [0.15, 0.2) is 0 Å². The molecule has 24 valence electrons. The highest BCUT2D eigenvalue weighted by molar-refractivity contribution is 7.51. The molecular formula is O3S. The summed E-state index contributed by atoms with van der Waals surface area (Å²) in [5.74, 6) is 0. The van der Waals surface area contributed by atoms with Gasteiger partial charge in [-0.1, -0.05) is 0 Å². The van der Waals surface area contributed by atoms with E-state index in [9.17, 15) is 0 Å². The molecule has 0 amide bonds. The summed E-state index contributed by atoms with van der Waals surface area (Å²) in [4.78, 5) is 0. The van der Waals surface area contributed by atoms with Crippen LogP contribution in [0.3, 0.4) is 0 Å². The standard InChI is InChI=1S/O2S.O/c1-3-2;. The maximum atomic E-state index is 8.29. The Morgan fingerprint density at radius 2 is 1.25 bits per heavy atom. The Hall–Kier alpha value is -0.220. The molecule has 0 aromatic carbocycles. The summed E-state index contributed by atoms with van der Waals surface area (Å²) in [6.45, 7) is 0. The number of rotatable bonds is 0. The molecule has 0 aromatic heterocycles. The van der Waals surface area contributed by atoms with Gasteiger partial charge in [0.25, 0.3) is 0 Å². The van der Waals surface area contributed by atoms with Crippen LogP contribution < -0.4 is 0 Å². The second-order valence-electron chi connectivity index (χ2n) is 0.0680. The third-order valence-electron chi connectivity index (χ3n) is 0. The van der Waals surface area contributed by atoms with Crippen LogP contribution >= 0.6 is 0 Å². The van der Waals surface area contributed by atoms with E-state index in [1.165, 1.54) is 0 Å². The van der Waals surface area contributed by atoms with Crippen molar-refractivity contribution < 1.29 is 13.9 Å². The molecule has 0 bridgehead atoms. The van der Waals surface area contributed by atoms with Gasteiger partial charge < -0.3 is 0 Å². The van der Waals surface area contributed by atoms with Gasteiger partial charge in [-0.2, -0.15) is 8.42 Å². The van der Waals surface area contributed by atoms with E-state index >= 15 is 0 Å². The molecule has 4 heavy (non-hydrogen) atoms. The molecule has 0 saturated heterocycles. The van der Waals surface area contributed by atoms with E-state index < -0.39 is 11.6 Å². The van der Waals surface area contributed by atoms with Crippen molar-refractivity contribution in [3.05, 3.63) is 0 Å². The van der Waals surface area contributed by atoms with Crippen molar-refractivity contribution in [1.82, 2.24) is 0 Å². The zero-order valence-electron chi connectivity index (χ0n) is 1.63. The van der Waals surface area contributed by atoms with E-state index in [1.54, 1.807) is 0 Å². The molecule has 0 unspecified atom stereocenters. The average molecular weight is 80.1 g/mol. The van der Waals surface area contributed by atoms with E-state index in [0.717, 1.165) is 0 Å². The largest absolute Gasteiger partial charge is 0.335 e. The minimum Gasteiger partial charge on any atom is -0.168 e. The summed E-state index contributed by atoms with van der Waals surface area (Å²) in [6, 6.07) is 0. The summed E-state index contributed by atoms with van der Waals surface area (Å²) in [5.41, 5.74) is 0. The predicted molar refractivity (Wildman–Crippen MR) is 9.61 cm³/mol. The van der Waals surface area contributed by atoms with Crippen LogP contribution in [0.1, 0.15) is 0 Å². The van der Waals surface area contributed by atoms with E-state index in [4.69, 9.17) is 8.42 Å². The lowest BCUT2D eigenvalue weighted by molar-refractivity contribution is 0.630. The Morgan fingerprint density at radius 3 is 1.25 bits per heavy atom. The van der Waals surface area contributed by atoms with Crippen LogP contribution in [-0.4, -0.2) is 8.42 Å². The van der Waals surface area contributed by atoms with Crippen LogP contribution in [0.15, 0.2) is 0 Å². The molecule has 3 nitrogen and oxygen atoms in total. The van der Waals surface area contributed by atoms with Gasteiger partial charge >= 0.3 is 11.6 Å². The second kappa shape index (κ2) is 14.5. The van der Waals surface area contributed by atoms with Gasteiger partial charge in [0.1, 0.15) is 0 Å². The molecule has 0 atom stereocenters. The van der Waals surface area contributed by atoms with Gasteiger partial charge in [0, 0.05) is 5.48 Å². The monoisotopic (exact) mass is 80.0 g/mol. The summed E-state index contributed by atoms with van der Waals surface area (Å²) in [5, 5.41) is 0. The number of hydrogen-bond acceptors (Lipinski definition) is 2. The molecule has 0 N–H and O–H groups in total. The third kappa shape index (κ3) is 22.4. The highest BCUT2D eigenvalue weighted by atomic mass is 32.1. The van der Waals surface area contributed by atoms with E-state index in [-0.39, 0.29) is 5.48 Å². The van der Waals surface area contributed by atoms with Crippen LogP contribution in [0.25, 0.3) is 0 Å². The van der Waals surface area contributed by atoms with Crippen molar-refractivity contribution in [3.8, 4) is 0 Å². The third-order valence-corrected chi connectivity index (χ3v) is 0. The van der Waals surface area contributed by atoms with Crippen LogP contribution in [0.2, 0.25) is 0 Å². The van der Waals surface area contributed by atoms with Crippen LogP contribution in [0, 0.1) is 0 Å². The Balaban J connectivity index is 0. The quantitative estimate of drug-likeness (QED) is 0.382. The molecular weight excluding hydrogens is 80.1 g/mol. The lowest BCUT2D eigenvalue weighted by Gasteiger charge is -0.947. The first-order chi connectivity index (χ1) is 1.41. The molecule has 0 spiro atoms. The van der Waals surface area contributed by atoms with Crippen molar-refractivity contribution in [3.63, 3.8) is 0 Å². The maximum absolute atomic E-state index is 8.29. The molecule has 2 radical (unpaired) electrons. The first-order valence-corrected chi connectivity index (χ1v) is 1.00. The highest BCUT2D eigenvalue weighted by Crippen LogP contribution is 0.846. The Morgan fingerprint density at radius 1 is 1.25 bits per heavy atom. The van der Waals surface area contributed by atoms with Crippen molar-refractivity contribution in [2.45, 2.75) is 0 Å². The zero-order valence-corrected chi connectivity index (χ0v) is 2.45. The normalized spacial score (nSPS) is 3.00. The zero-order chi connectivity index (χ0) is 2.71. The van der Waals surface area contributed by atoms with Gasteiger partial charge in [-0.25, -0.2) is 0 Å². The van der Waals surface area contributed by atoms with Gasteiger partial charge in [0.05, 0.1) is 0 Å². The molecule has 0 aliphatic heterocycles. The molecule has 0 rings (SSSR count). The summed E-state index contributed by atoms with van der Waals surface area (Å²) >= 11 is -0.750. The van der Waals surface area contributed by atoms with Gasteiger partial charge in [-0.3, -0.25) is 0 Å². The van der Waals surface area contributed by atoms with Crippen molar-refractivity contribution in [1.29, 1.82) is 0 Å². The summed E-state index contributed by atoms with van der Waals surface area (Å²) < 4.78 is 16.6. The Labute approximate surface area is 26.5 Å². The highest BCUT2D eigenvalue weighted by Gasteiger charge is 1.12. The van der Waals surface area contributed by atoms with Crippen LogP contribution in [0.5, 0.6) is 0 Å². The lowest BCUT2D eigenvalue weighted by Crippen LogP contribution is -1.18. The molecule has 0 saturated carbocycles. The topological polar surface area (TPSA) is 62.6 Å². The molecule has 0 aliphatic rings. The van der Waals surface area contributed by atoms with Crippen molar-refractivity contribution in [2.24, 2.45) is 0 Å². The van der Waals surface area contributed by atoms with E-state index in [1.807, 2.05) is 0 Å². The van der Waals surface area contributed by atoms with E-state index in [0.29, 0.717) is 0 Å². The first kappa shape index (κ1) is 9.22. The Kier molecular flexibility index (Phi) is 33.4. The molecule has 0 aliphatic carbocycles. The van der Waals surface area contributed by atoms with Gasteiger partial charge in [-0.05, 0) is 0 Å². The fraction of sp³-hybridized carbons (Fsp3) is 0. The number of hydrogen-bond donors (Lipinski definition) is 0. The average Bonchev–Trinajstić information content (AvgIpc) is 0.918. The van der Waals surface area contributed by atoms with Crippen LogP contribution in [0.4, 0.5) is 0 Å². The van der Waals surface area contributed by atoms with Crippen molar-refractivity contribution >= 4 is 11.6 Å². The summed E-state index contributed by atoms with van der Waals surface area (Å²) in [6.07, 6.45) is 0. The lowest BCUT2D eigenvalue weighted by atomic mass is 15.9. The van der Waals surface area contributed by atoms with Gasteiger partial charge in [-0.15, -0.1) is 0 Å². The predicted octanol–water partition coefficient (Wildman–Crippen LogP) is -0.789. The van der Waals surface area contributed by atoms with Crippen LogP contribution in [-0.2, 0) is 17.0 Å². The summed E-state index contributed by atoms with van der Waals surface area (Å²) in [7, 11) is 0. The Bertz CT molecular complexity index is 24.3. The maximum Gasteiger partial charge on any atom is 0.335 e. The fourth-order valence-electron chi connectivity index (χ4n) is 0. The first-order valence-electron chi connectivity index (χ1n) is 0.333. The minimum absolute atomic E-state index is 0. The van der Waals surface area contributed by atoms with E-state index in [2.05, 4.69) is 0 Å². The van der Waals surface area contributed by atoms with Crippen molar-refractivity contribution in [2.75, 3.05) is 0 Å². The molecule has 0 aromatic rings. The SMILES string of the molecule is O=S=O.[O]. The molecule has 4 heteroatoms. The minimum atomic E-state index is -0.750. The molecule has 0 fully saturated rings. The van der Waals surface area contributed by atoms with Gasteiger partial charge in [0.2, 0.25) is 0 Å². The second-order valence-corrected chi connectivity index (χ2v) is 0.204.